The zero-order chi connectivity index (χ0) is 19.9. The molecule has 1 N–H and O–H groups in total. The Hall–Kier alpha value is -2.56. The van der Waals surface area contributed by atoms with Crippen LogP contribution in [0, 0.1) is 27.7 Å². The van der Waals surface area contributed by atoms with Crippen LogP contribution in [0.5, 0.6) is 11.5 Å². The number of carbonyl (C=O) groups is 1. The molecule has 0 aliphatic rings. The fraction of sp³-hybridized carbons (Fsp3) is 0.250. The number of carbonyl (C=O) groups excluding carboxylic acids is 1. The van der Waals surface area contributed by atoms with Crippen LogP contribution in [-0.4, -0.2) is 17.8 Å². The van der Waals surface area contributed by atoms with E-state index in [2.05, 4.69) is 0 Å². The number of hydrogen-bond donors (Lipinski definition) is 1. The molecule has 0 amide bonds. The van der Waals surface area contributed by atoms with Crippen LogP contribution in [0.25, 0.3) is 11.0 Å². The fourth-order valence-corrected chi connectivity index (χ4v) is 3.59. The third-order valence-electron chi connectivity index (χ3n) is 4.70. The molecule has 0 spiro atoms. The van der Waals surface area contributed by atoms with Crippen LogP contribution >= 0.6 is 8.25 Å². The highest BCUT2D eigenvalue weighted by atomic mass is 31.1. The Morgan fingerprint density at radius 1 is 1.11 bits per heavy atom. The predicted octanol–water partition coefficient (Wildman–Crippen LogP) is 4.67. The van der Waals surface area contributed by atoms with Crippen molar-refractivity contribution in [1.82, 2.24) is 0 Å². The van der Waals surface area contributed by atoms with Crippen molar-refractivity contribution < 1.29 is 27.9 Å². The number of fused-ring (bicyclic) bond motifs is 1. The zero-order valence-electron chi connectivity index (χ0n) is 15.8. The van der Waals surface area contributed by atoms with Gasteiger partial charge in [-0.1, -0.05) is 6.07 Å². The molecule has 0 radical (unpaired) electrons. The van der Waals surface area contributed by atoms with Crippen molar-refractivity contribution >= 4 is 25.0 Å². The van der Waals surface area contributed by atoms with Gasteiger partial charge in [-0.2, -0.15) is 0 Å². The lowest BCUT2D eigenvalue weighted by molar-refractivity contribution is 0.103. The highest BCUT2D eigenvalue weighted by Gasteiger charge is 2.24. The second kappa shape index (κ2) is 7.22. The first-order chi connectivity index (χ1) is 12.7. The molecule has 27 heavy (non-hydrogen) atoms. The molecule has 3 rings (SSSR count). The van der Waals surface area contributed by atoms with Gasteiger partial charge in [0.1, 0.15) is 11.5 Å². The monoisotopic (exact) mass is 388 g/mol. The Morgan fingerprint density at radius 3 is 2.44 bits per heavy atom. The molecule has 0 aliphatic heterocycles. The lowest BCUT2D eigenvalue weighted by Crippen LogP contribution is -2.04. The third kappa shape index (κ3) is 3.38. The quantitative estimate of drug-likeness (QED) is 0.505. The SMILES string of the molecule is COc1cc(C(=O)c2c(C)oc3c(O[PH](=O)O)c(C)ccc23)cc(C)c1C. The predicted molar refractivity (Wildman–Crippen MR) is 103 cm³/mol. The molecular formula is C20H21O6P. The topological polar surface area (TPSA) is 86.0 Å². The van der Waals surface area contributed by atoms with E-state index in [1.807, 2.05) is 19.9 Å². The van der Waals surface area contributed by atoms with Gasteiger partial charge in [0.15, 0.2) is 17.1 Å². The molecule has 0 aliphatic carbocycles. The Balaban J connectivity index is 2.20. The zero-order valence-corrected chi connectivity index (χ0v) is 16.8. The minimum atomic E-state index is -3.21. The highest BCUT2D eigenvalue weighted by Crippen LogP contribution is 2.39. The fourth-order valence-electron chi connectivity index (χ4n) is 3.16. The number of methoxy groups -OCH3 is 1. The van der Waals surface area contributed by atoms with Crippen molar-refractivity contribution in [3.8, 4) is 11.5 Å². The molecule has 7 heteroatoms. The van der Waals surface area contributed by atoms with Crippen LogP contribution in [0.4, 0.5) is 0 Å². The van der Waals surface area contributed by atoms with Crippen LogP contribution in [0.15, 0.2) is 28.7 Å². The van der Waals surface area contributed by atoms with E-state index in [0.717, 1.165) is 11.1 Å². The molecule has 1 unspecified atom stereocenters. The van der Waals surface area contributed by atoms with Crippen molar-refractivity contribution in [3.63, 3.8) is 0 Å². The van der Waals surface area contributed by atoms with E-state index >= 15 is 0 Å². The summed E-state index contributed by atoms with van der Waals surface area (Å²) in [6, 6.07) is 7.01. The highest BCUT2D eigenvalue weighted by molar-refractivity contribution is 7.32. The Kier molecular flexibility index (Phi) is 5.13. The van der Waals surface area contributed by atoms with Gasteiger partial charge in [-0.05, 0) is 62.6 Å². The van der Waals surface area contributed by atoms with E-state index in [0.29, 0.717) is 39.2 Å². The van der Waals surface area contributed by atoms with Crippen LogP contribution in [0.1, 0.15) is 38.4 Å². The summed E-state index contributed by atoms with van der Waals surface area (Å²) in [6.45, 7) is 7.29. The number of rotatable bonds is 5. The van der Waals surface area contributed by atoms with E-state index in [-0.39, 0.29) is 11.5 Å². The van der Waals surface area contributed by atoms with Crippen molar-refractivity contribution in [2.75, 3.05) is 7.11 Å². The van der Waals surface area contributed by atoms with E-state index in [4.69, 9.17) is 18.6 Å². The summed E-state index contributed by atoms with van der Waals surface area (Å²) in [5, 5.41) is 0.540. The standard InChI is InChI=1S/C20H21O6P/c1-10-6-7-15-17(13(4)25-20(15)19(10)26-27(22)23)18(21)14-8-11(2)12(3)16(9-14)24-5/h6-9,27H,1-5H3,(H,22,23). The van der Waals surface area contributed by atoms with Gasteiger partial charge in [-0.15, -0.1) is 0 Å². The van der Waals surface area contributed by atoms with E-state index in [9.17, 15) is 9.36 Å². The Morgan fingerprint density at radius 2 is 1.81 bits per heavy atom. The maximum absolute atomic E-state index is 13.2. The molecule has 2 aromatic carbocycles. The van der Waals surface area contributed by atoms with Gasteiger partial charge in [0.25, 0.3) is 0 Å². The lowest BCUT2D eigenvalue weighted by atomic mass is 9.96. The molecule has 0 fully saturated rings. The minimum absolute atomic E-state index is 0.179. The molecule has 0 saturated heterocycles. The smallest absolute Gasteiger partial charge is 0.365 e. The lowest BCUT2D eigenvalue weighted by Gasteiger charge is -2.10. The molecule has 142 valence electrons. The second-order valence-electron chi connectivity index (χ2n) is 6.44. The van der Waals surface area contributed by atoms with Crippen molar-refractivity contribution in [2.45, 2.75) is 27.7 Å². The van der Waals surface area contributed by atoms with Gasteiger partial charge < -0.3 is 18.6 Å². The van der Waals surface area contributed by atoms with Gasteiger partial charge in [-0.3, -0.25) is 4.79 Å². The summed E-state index contributed by atoms with van der Waals surface area (Å²) in [4.78, 5) is 22.4. The first kappa shape index (κ1) is 19.2. The Labute approximate surface area is 157 Å². The molecule has 3 aromatic rings. The van der Waals surface area contributed by atoms with Crippen LogP contribution in [0.2, 0.25) is 0 Å². The molecular weight excluding hydrogens is 367 g/mol. The second-order valence-corrected chi connectivity index (χ2v) is 7.17. The van der Waals surface area contributed by atoms with E-state index < -0.39 is 8.25 Å². The number of furan rings is 1. The molecule has 0 saturated carbocycles. The maximum atomic E-state index is 13.2. The van der Waals surface area contributed by atoms with Gasteiger partial charge in [0.05, 0.1) is 12.7 Å². The molecule has 1 heterocycles. The van der Waals surface area contributed by atoms with Crippen molar-refractivity contribution in [3.05, 3.63) is 57.8 Å². The molecule has 6 nitrogen and oxygen atoms in total. The average molecular weight is 388 g/mol. The number of ether oxygens (including phenoxy) is 1. The van der Waals surface area contributed by atoms with E-state index in [1.165, 1.54) is 0 Å². The molecule has 0 bridgehead atoms. The van der Waals surface area contributed by atoms with Crippen LogP contribution in [0.3, 0.4) is 0 Å². The van der Waals surface area contributed by atoms with Crippen molar-refractivity contribution in [1.29, 1.82) is 0 Å². The normalized spacial score (nSPS) is 12.2. The number of aryl methyl sites for hydroxylation is 3. The number of ketones is 1. The summed E-state index contributed by atoms with van der Waals surface area (Å²) in [5.41, 5.74) is 3.75. The molecule has 1 aromatic heterocycles. The number of hydrogen-bond acceptors (Lipinski definition) is 5. The van der Waals surface area contributed by atoms with Gasteiger partial charge in [0, 0.05) is 10.9 Å². The average Bonchev–Trinajstić information content (AvgIpc) is 2.95. The summed E-state index contributed by atoms with van der Waals surface area (Å²) >= 11 is 0. The number of benzene rings is 2. The maximum Gasteiger partial charge on any atom is 0.365 e. The van der Waals surface area contributed by atoms with Crippen molar-refractivity contribution in [2.24, 2.45) is 0 Å². The summed E-state index contributed by atoms with van der Waals surface area (Å²) < 4.78 is 27.4. The minimum Gasteiger partial charge on any atom is -0.496 e. The summed E-state index contributed by atoms with van der Waals surface area (Å²) in [7, 11) is -1.64. The summed E-state index contributed by atoms with van der Waals surface area (Å²) in [5.74, 6) is 1.03. The summed E-state index contributed by atoms with van der Waals surface area (Å²) in [6.07, 6.45) is 0. The Bertz CT molecular complexity index is 1080. The molecule has 1 atom stereocenters. The first-order valence-corrected chi connectivity index (χ1v) is 9.64. The van der Waals surface area contributed by atoms with Gasteiger partial charge in [-0.25, -0.2) is 4.57 Å². The van der Waals surface area contributed by atoms with Gasteiger partial charge in [0.2, 0.25) is 0 Å². The first-order valence-electron chi connectivity index (χ1n) is 8.38. The van der Waals surface area contributed by atoms with E-state index in [1.54, 1.807) is 39.2 Å². The van der Waals surface area contributed by atoms with Gasteiger partial charge >= 0.3 is 8.25 Å². The van der Waals surface area contributed by atoms with Crippen LogP contribution < -0.4 is 9.26 Å². The third-order valence-corrected chi connectivity index (χ3v) is 5.08. The van der Waals surface area contributed by atoms with Crippen LogP contribution in [-0.2, 0) is 4.57 Å². The largest absolute Gasteiger partial charge is 0.496 e.